The van der Waals surface area contributed by atoms with Crippen molar-refractivity contribution in [2.24, 2.45) is 0 Å². The van der Waals surface area contributed by atoms with Gasteiger partial charge in [0.1, 0.15) is 11.2 Å². The van der Waals surface area contributed by atoms with Gasteiger partial charge < -0.3 is 14.3 Å². The van der Waals surface area contributed by atoms with Crippen molar-refractivity contribution in [3.63, 3.8) is 0 Å². The molecule has 0 aliphatic heterocycles. The molecule has 4 aromatic rings. The first kappa shape index (κ1) is 22.5. The molecular formula is C28H28ClN3O2. The Labute approximate surface area is 204 Å². The summed E-state index contributed by atoms with van der Waals surface area (Å²) in [5, 5.41) is 3.87. The van der Waals surface area contributed by atoms with Crippen LogP contribution in [0.2, 0.25) is 5.02 Å². The predicted octanol–water partition coefficient (Wildman–Crippen LogP) is 5.73. The molecule has 0 saturated heterocycles. The Morgan fingerprint density at radius 2 is 1.68 bits per heavy atom. The number of nitrogens with one attached hydrogen (secondary N) is 1. The van der Waals surface area contributed by atoms with E-state index in [9.17, 15) is 9.59 Å². The average molecular weight is 474 g/mol. The molecule has 2 heterocycles. The lowest BCUT2D eigenvalue weighted by Gasteiger charge is -2.24. The van der Waals surface area contributed by atoms with Gasteiger partial charge in [-0.2, -0.15) is 0 Å². The third kappa shape index (κ3) is 4.66. The largest absolute Gasteiger partial charge is 0.348 e. The van der Waals surface area contributed by atoms with Crippen molar-refractivity contribution in [1.82, 2.24) is 14.3 Å². The van der Waals surface area contributed by atoms with Crippen molar-refractivity contribution in [3.8, 4) is 11.3 Å². The molecule has 1 aliphatic carbocycles. The van der Waals surface area contributed by atoms with E-state index < -0.39 is 0 Å². The third-order valence-electron chi connectivity index (χ3n) is 6.70. The Balaban J connectivity index is 1.55. The molecule has 6 heteroatoms. The SMILES string of the molecule is O=C(NC1CCCCC1)c1cn2c(-c3ccccc3)ccc2c(=O)n1CCc1ccc(Cl)cc1. The van der Waals surface area contributed by atoms with Crippen LogP contribution in [-0.4, -0.2) is 20.9 Å². The second-order valence-corrected chi connectivity index (χ2v) is 9.43. The normalized spacial score (nSPS) is 14.4. The molecule has 5 nitrogen and oxygen atoms in total. The molecule has 1 aliphatic rings. The van der Waals surface area contributed by atoms with E-state index in [2.05, 4.69) is 5.32 Å². The third-order valence-corrected chi connectivity index (χ3v) is 6.96. The fourth-order valence-corrected chi connectivity index (χ4v) is 4.97. The Bertz CT molecular complexity index is 1350. The van der Waals surface area contributed by atoms with Crippen molar-refractivity contribution in [2.45, 2.75) is 51.1 Å². The van der Waals surface area contributed by atoms with E-state index in [4.69, 9.17) is 11.6 Å². The Kier molecular flexibility index (Phi) is 6.54. The molecule has 0 unspecified atom stereocenters. The van der Waals surface area contributed by atoms with Gasteiger partial charge in [-0.05, 0) is 54.7 Å². The van der Waals surface area contributed by atoms with E-state index in [1.165, 1.54) is 6.42 Å². The van der Waals surface area contributed by atoms with Gasteiger partial charge >= 0.3 is 0 Å². The zero-order valence-electron chi connectivity index (χ0n) is 19.0. The van der Waals surface area contributed by atoms with Crippen LogP contribution in [0.25, 0.3) is 16.8 Å². The highest BCUT2D eigenvalue weighted by Gasteiger charge is 2.21. The second kappa shape index (κ2) is 9.90. The molecule has 5 rings (SSSR count). The number of amides is 1. The first-order valence-corrected chi connectivity index (χ1v) is 12.3. The Morgan fingerprint density at radius 1 is 0.941 bits per heavy atom. The van der Waals surface area contributed by atoms with E-state index >= 15 is 0 Å². The average Bonchev–Trinajstić information content (AvgIpc) is 3.30. The smallest absolute Gasteiger partial charge is 0.275 e. The fourth-order valence-electron chi connectivity index (χ4n) is 4.85. The first-order valence-electron chi connectivity index (χ1n) is 12.0. The summed E-state index contributed by atoms with van der Waals surface area (Å²) in [7, 11) is 0. The molecule has 0 radical (unpaired) electrons. The maximum absolute atomic E-state index is 13.6. The number of hydrogen-bond acceptors (Lipinski definition) is 2. The van der Waals surface area contributed by atoms with Crippen LogP contribution in [-0.2, 0) is 13.0 Å². The van der Waals surface area contributed by atoms with Gasteiger partial charge in [0.2, 0.25) is 0 Å². The Morgan fingerprint density at radius 3 is 2.41 bits per heavy atom. The minimum atomic E-state index is -0.185. The van der Waals surface area contributed by atoms with Crippen LogP contribution in [0.1, 0.15) is 48.2 Å². The van der Waals surface area contributed by atoms with Crippen LogP contribution in [0.4, 0.5) is 0 Å². The number of nitrogens with zero attached hydrogens (tertiary/aromatic N) is 2. The van der Waals surface area contributed by atoms with Crippen molar-refractivity contribution in [1.29, 1.82) is 0 Å². The second-order valence-electron chi connectivity index (χ2n) is 9.00. The summed E-state index contributed by atoms with van der Waals surface area (Å²) in [6.07, 6.45) is 7.89. The topological polar surface area (TPSA) is 55.5 Å². The molecule has 1 fully saturated rings. The van der Waals surface area contributed by atoms with Crippen LogP contribution < -0.4 is 10.9 Å². The standard InChI is InChI=1S/C28H28ClN3O2/c29-22-13-11-20(12-14-22)17-18-31-26(27(33)30-23-9-5-2-6-10-23)19-32-24(15-16-25(32)28(31)34)21-7-3-1-4-8-21/h1,3-4,7-8,11-16,19,23H,2,5-6,9-10,17-18H2,(H,30,33). The summed E-state index contributed by atoms with van der Waals surface area (Å²) in [5.74, 6) is -0.185. The molecule has 1 amide bonds. The molecule has 174 valence electrons. The van der Waals surface area contributed by atoms with Crippen LogP contribution in [0.5, 0.6) is 0 Å². The van der Waals surface area contributed by atoms with Crippen LogP contribution in [0.3, 0.4) is 0 Å². The number of halogens is 1. The van der Waals surface area contributed by atoms with Gasteiger partial charge in [-0.15, -0.1) is 0 Å². The van der Waals surface area contributed by atoms with Gasteiger partial charge in [-0.3, -0.25) is 9.59 Å². The summed E-state index contributed by atoms with van der Waals surface area (Å²) in [5.41, 5.74) is 3.75. The summed E-state index contributed by atoms with van der Waals surface area (Å²) >= 11 is 6.02. The van der Waals surface area contributed by atoms with Crippen LogP contribution in [0, 0.1) is 0 Å². The monoisotopic (exact) mass is 473 g/mol. The van der Waals surface area contributed by atoms with E-state index in [1.807, 2.05) is 77.3 Å². The highest BCUT2D eigenvalue weighted by Crippen LogP contribution is 2.22. The predicted molar refractivity (Wildman–Crippen MR) is 137 cm³/mol. The zero-order chi connectivity index (χ0) is 23.5. The molecule has 0 atom stereocenters. The summed E-state index contributed by atoms with van der Waals surface area (Å²) in [4.78, 5) is 27.1. The van der Waals surface area contributed by atoms with Crippen LogP contribution >= 0.6 is 11.6 Å². The quantitative estimate of drug-likeness (QED) is 0.389. The van der Waals surface area contributed by atoms with Gasteiger partial charge in [-0.25, -0.2) is 0 Å². The van der Waals surface area contributed by atoms with Crippen molar-refractivity contribution >= 4 is 23.0 Å². The number of rotatable bonds is 6. The lowest BCUT2D eigenvalue weighted by atomic mass is 9.95. The number of carbonyl (C=O) groups excluding carboxylic acids is 1. The number of aromatic nitrogens is 2. The molecular weight excluding hydrogens is 446 g/mol. The minimum Gasteiger partial charge on any atom is -0.348 e. The van der Waals surface area contributed by atoms with Crippen molar-refractivity contribution < 1.29 is 4.79 Å². The molecule has 1 N–H and O–H groups in total. The van der Waals surface area contributed by atoms with Crippen LogP contribution in [0.15, 0.2) is 77.7 Å². The first-order chi connectivity index (χ1) is 16.6. The molecule has 1 saturated carbocycles. The number of benzene rings is 2. The maximum atomic E-state index is 13.6. The van der Waals surface area contributed by atoms with E-state index in [0.717, 1.165) is 42.5 Å². The van der Waals surface area contributed by atoms with Gasteiger partial charge in [0.05, 0.1) is 5.69 Å². The molecule has 2 aromatic heterocycles. The summed E-state index contributed by atoms with van der Waals surface area (Å²) in [6, 6.07) is 21.5. The molecule has 34 heavy (non-hydrogen) atoms. The number of carbonyl (C=O) groups is 1. The summed E-state index contributed by atoms with van der Waals surface area (Å²) < 4.78 is 3.48. The van der Waals surface area contributed by atoms with E-state index in [1.54, 1.807) is 4.57 Å². The van der Waals surface area contributed by atoms with Gasteiger partial charge in [0, 0.05) is 23.8 Å². The number of hydrogen-bond donors (Lipinski definition) is 1. The molecule has 2 aromatic carbocycles. The van der Waals surface area contributed by atoms with Gasteiger partial charge in [0.25, 0.3) is 11.5 Å². The van der Waals surface area contributed by atoms with Crippen molar-refractivity contribution in [2.75, 3.05) is 0 Å². The fraction of sp³-hybridized carbons (Fsp3) is 0.286. The van der Waals surface area contributed by atoms with E-state index in [-0.39, 0.29) is 17.5 Å². The highest BCUT2D eigenvalue weighted by atomic mass is 35.5. The van der Waals surface area contributed by atoms with Crippen molar-refractivity contribution in [3.05, 3.63) is 99.6 Å². The number of fused-ring (bicyclic) bond motifs is 1. The summed E-state index contributed by atoms with van der Waals surface area (Å²) in [6.45, 7) is 0.413. The van der Waals surface area contributed by atoms with Gasteiger partial charge in [-0.1, -0.05) is 73.3 Å². The van der Waals surface area contributed by atoms with Gasteiger partial charge in [0.15, 0.2) is 0 Å². The molecule has 0 spiro atoms. The number of aryl methyl sites for hydroxylation is 1. The molecule has 0 bridgehead atoms. The highest BCUT2D eigenvalue weighted by molar-refractivity contribution is 6.30. The maximum Gasteiger partial charge on any atom is 0.275 e. The lowest BCUT2D eigenvalue weighted by Crippen LogP contribution is -2.40. The minimum absolute atomic E-state index is 0.160. The lowest BCUT2D eigenvalue weighted by molar-refractivity contribution is 0.0916. The van der Waals surface area contributed by atoms with E-state index in [0.29, 0.717) is 29.2 Å². The Hall–Kier alpha value is -3.31. The zero-order valence-corrected chi connectivity index (χ0v) is 19.8.